The van der Waals surface area contributed by atoms with Crippen LogP contribution in [0.3, 0.4) is 0 Å². The van der Waals surface area contributed by atoms with Gasteiger partial charge in [0.2, 0.25) is 5.91 Å². The summed E-state index contributed by atoms with van der Waals surface area (Å²) in [6.07, 6.45) is 6.90. The van der Waals surface area contributed by atoms with E-state index in [4.69, 9.17) is 25.8 Å². The molecule has 1 aliphatic carbocycles. The molecule has 42 heavy (non-hydrogen) atoms. The molecule has 0 saturated heterocycles. The largest absolute Gasteiger partial charge is 0.492 e. The number of amides is 1. The lowest BCUT2D eigenvalue weighted by atomic mass is 9.78. The lowest BCUT2D eigenvalue weighted by Crippen LogP contribution is -2.45. The zero-order valence-corrected chi connectivity index (χ0v) is 27.1. The Kier molecular flexibility index (Phi) is 8.97. The van der Waals surface area contributed by atoms with Gasteiger partial charge in [-0.25, -0.2) is 4.79 Å². The SMILES string of the molecule is CCOC(=O)[C@@H](OC(C)(C)C)c1c(C)c2c(c(C)c1-c1cc(Cl)c3c(c1C)CCCO3)CN(C1CCCCC1)C(=O)C2. The maximum atomic E-state index is 13.7. The standard InChI is InChI=1S/C35H46ClNO5/c1-8-40-34(39)33(42-35(5,6)7)31-21(3)25-18-29(38)37(23-13-10-9-11-14-23)19-27(25)22(4)30(31)26-17-28(36)32-24(20(26)2)15-12-16-41-32/h17,23,33H,8-16,18-19H2,1-7H3/t33-/m0/s1. The predicted octanol–water partition coefficient (Wildman–Crippen LogP) is 7.89. The third-order valence-corrected chi connectivity index (χ3v) is 9.53. The van der Waals surface area contributed by atoms with Crippen molar-refractivity contribution in [2.45, 2.75) is 124 Å². The van der Waals surface area contributed by atoms with Crippen molar-refractivity contribution in [3.8, 4) is 16.9 Å². The number of hydrogen-bond acceptors (Lipinski definition) is 5. The number of ether oxygens (including phenoxy) is 3. The van der Waals surface area contributed by atoms with Crippen molar-refractivity contribution in [3.05, 3.63) is 50.0 Å². The van der Waals surface area contributed by atoms with Crippen molar-refractivity contribution < 1.29 is 23.8 Å². The number of rotatable bonds is 6. The van der Waals surface area contributed by atoms with Crippen LogP contribution in [-0.4, -0.2) is 41.6 Å². The van der Waals surface area contributed by atoms with Crippen LogP contribution < -0.4 is 4.74 Å². The van der Waals surface area contributed by atoms with Crippen LogP contribution in [0.25, 0.3) is 11.1 Å². The van der Waals surface area contributed by atoms with Crippen LogP contribution in [0, 0.1) is 20.8 Å². The van der Waals surface area contributed by atoms with E-state index in [1.807, 2.05) is 40.7 Å². The zero-order chi connectivity index (χ0) is 30.3. The van der Waals surface area contributed by atoms with Crippen molar-refractivity contribution in [2.24, 2.45) is 0 Å². The number of nitrogens with zero attached hydrogens (tertiary/aromatic N) is 1. The van der Waals surface area contributed by atoms with E-state index in [1.165, 1.54) is 24.8 Å². The normalized spacial score (nSPS) is 18.3. The molecule has 1 amide bonds. The molecule has 0 radical (unpaired) electrons. The van der Waals surface area contributed by atoms with Gasteiger partial charge in [0.1, 0.15) is 5.75 Å². The van der Waals surface area contributed by atoms with Crippen LogP contribution in [0.5, 0.6) is 5.75 Å². The summed E-state index contributed by atoms with van der Waals surface area (Å²) in [5.74, 6) is 0.511. The van der Waals surface area contributed by atoms with Gasteiger partial charge in [0, 0.05) is 18.2 Å². The fraction of sp³-hybridized carbons (Fsp3) is 0.600. The van der Waals surface area contributed by atoms with Gasteiger partial charge in [-0.2, -0.15) is 0 Å². The molecular formula is C35H46ClNO5. The summed E-state index contributed by atoms with van der Waals surface area (Å²) in [5, 5.41) is 0.578. The molecule has 0 spiro atoms. The smallest absolute Gasteiger partial charge is 0.339 e. The van der Waals surface area contributed by atoms with Crippen LogP contribution in [0.2, 0.25) is 5.02 Å². The molecule has 2 aliphatic heterocycles. The molecule has 2 aromatic rings. The average molecular weight is 596 g/mol. The summed E-state index contributed by atoms with van der Waals surface area (Å²) in [5.41, 5.74) is 8.51. The van der Waals surface area contributed by atoms with E-state index in [-0.39, 0.29) is 18.6 Å². The van der Waals surface area contributed by atoms with E-state index in [2.05, 4.69) is 18.7 Å². The number of halogens is 1. The maximum Gasteiger partial charge on any atom is 0.339 e. The first-order valence-electron chi connectivity index (χ1n) is 15.7. The van der Waals surface area contributed by atoms with Gasteiger partial charge in [-0.3, -0.25) is 4.79 Å². The molecule has 5 rings (SSSR count). The predicted molar refractivity (Wildman–Crippen MR) is 166 cm³/mol. The number of fused-ring (bicyclic) bond motifs is 2. The van der Waals surface area contributed by atoms with E-state index in [0.717, 1.165) is 75.9 Å². The molecular weight excluding hydrogens is 550 g/mol. The Morgan fingerprint density at radius 3 is 2.43 bits per heavy atom. The Morgan fingerprint density at radius 2 is 1.76 bits per heavy atom. The highest BCUT2D eigenvalue weighted by Crippen LogP contribution is 2.48. The molecule has 2 heterocycles. The fourth-order valence-electron chi connectivity index (χ4n) is 7.23. The molecule has 1 saturated carbocycles. The summed E-state index contributed by atoms with van der Waals surface area (Å²) in [7, 11) is 0. The first-order valence-corrected chi connectivity index (χ1v) is 16.0. The van der Waals surface area contributed by atoms with Gasteiger partial charge in [-0.1, -0.05) is 30.9 Å². The second kappa shape index (κ2) is 12.2. The quantitative estimate of drug-likeness (QED) is 0.318. The third kappa shape index (κ3) is 5.81. The molecule has 0 aromatic heterocycles. The van der Waals surface area contributed by atoms with Gasteiger partial charge in [-0.05, 0) is 125 Å². The lowest BCUT2D eigenvalue weighted by molar-refractivity contribution is -0.166. The Hall–Kier alpha value is -2.57. The monoisotopic (exact) mass is 595 g/mol. The van der Waals surface area contributed by atoms with Gasteiger partial charge in [-0.15, -0.1) is 0 Å². The average Bonchev–Trinajstić information content (AvgIpc) is 2.96. The minimum Gasteiger partial charge on any atom is -0.492 e. The molecule has 1 fully saturated rings. The van der Waals surface area contributed by atoms with E-state index in [0.29, 0.717) is 24.6 Å². The fourth-order valence-corrected chi connectivity index (χ4v) is 7.51. The van der Waals surface area contributed by atoms with E-state index in [1.54, 1.807) is 0 Å². The first kappa shape index (κ1) is 30.9. The minimum atomic E-state index is -0.958. The number of benzene rings is 2. The van der Waals surface area contributed by atoms with E-state index in [9.17, 15) is 9.59 Å². The second-order valence-electron chi connectivity index (χ2n) is 13.1. The van der Waals surface area contributed by atoms with Crippen molar-refractivity contribution in [1.29, 1.82) is 0 Å². The van der Waals surface area contributed by atoms with E-state index < -0.39 is 17.7 Å². The Balaban J connectivity index is 1.78. The van der Waals surface area contributed by atoms with Crippen molar-refractivity contribution in [2.75, 3.05) is 13.2 Å². The first-order chi connectivity index (χ1) is 19.9. The maximum absolute atomic E-state index is 13.7. The topological polar surface area (TPSA) is 65.1 Å². The summed E-state index contributed by atoms with van der Waals surface area (Å²) < 4.78 is 18.1. The zero-order valence-electron chi connectivity index (χ0n) is 26.4. The van der Waals surface area contributed by atoms with Gasteiger partial charge >= 0.3 is 5.97 Å². The number of carbonyl (C=O) groups excluding carboxylic acids is 2. The van der Waals surface area contributed by atoms with E-state index >= 15 is 0 Å². The molecule has 3 aliphatic rings. The Morgan fingerprint density at radius 1 is 1.05 bits per heavy atom. The van der Waals surface area contributed by atoms with Gasteiger partial charge in [0.05, 0.1) is 30.3 Å². The van der Waals surface area contributed by atoms with Gasteiger partial charge in [0.25, 0.3) is 0 Å². The Labute approximate surface area is 256 Å². The van der Waals surface area contributed by atoms with Gasteiger partial charge < -0.3 is 19.1 Å². The minimum absolute atomic E-state index is 0.171. The summed E-state index contributed by atoms with van der Waals surface area (Å²) in [6.45, 7) is 15.4. The van der Waals surface area contributed by atoms with Crippen molar-refractivity contribution in [3.63, 3.8) is 0 Å². The molecule has 0 unspecified atom stereocenters. The van der Waals surface area contributed by atoms with Crippen LogP contribution >= 0.6 is 11.6 Å². The summed E-state index contributed by atoms with van der Waals surface area (Å²) in [6, 6.07) is 2.28. The molecule has 2 aromatic carbocycles. The second-order valence-corrected chi connectivity index (χ2v) is 13.5. The van der Waals surface area contributed by atoms with Crippen molar-refractivity contribution >= 4 is 23.5 Å². The third-order valence-electron chi connectivity index (χ3n) is 9.25. The number of carbonyl (C=O) groups is 2. The molecule has 0 bridgehead atoms. The number of hydrogen-bond donors (Lipinski definition) is 0. The Bertz CT molecular complexity index is 1390. The molecule has 7 heteroatoms. The lowest BCUT2D eigenvalue weighted by Gasteiger charge is -2.40. The molecule has 1 atom stereocenters. The molecule has 228 valence electrons. The highest BCUT2D eigenvalue weighted by atomic mass is 35.5. The summed E-state index contributed by atoms with van der Waals surface area (Å²) in [4.78, 5) is 29.4. The van der Waals surface area contributed by atoms with Crippen LogP contribution in [0.1, 0.15) is 111 Å². The highest BCUT2D eigenvalue weighted by Gasteiger charge is 2.39. The van der Waals surface area contributed by atoms with Gasteiger partial charge in [0.15, 0.2) is 6.10 Å². The van der Waals surface area contributed by atoms with Crippen LogP contribution in [0.15, 0.2) is 6.07 Å². The van der Waals surface area contributed by atoms with Crippen molar-refractivity contribution in [1.82, 2.24) is 4.90 Å². The van der Waals surface area contributed by atoms with Crippen LogP contribution in [0.4, 0.5) is 0 Å². The molecule has 6 nitrogen and oxygen atoms in total. The van der Waals surface area contributed by atoms with Crippen LogP contribution in [-0.2, 0) is 38.4 Å². The molecule has 0 N–H and O–H groups in total. The highest BCUT2D eigenvalue weighted by molar-refractivity contribution is 6.32. The number of esters is 1. The summed E-state index contributed by atoms with van der Waals surface area (Å²) >= 11 is 6.90.